The molecule has 4 N–H and O–H groups in total. The Bertz CT molecular complexity index is 997. The maximum absolute atomic E-state index is 12.6. The van der Waals surface area contributed by atoms with Gasteiger partial charge in [0.1, 0.15) is 11.9 Å². The highest BCUT2D eigenvalue weighted by Gasteiger charge is 2.29. The maximum Gasteiger partial charge on any atom is 0.412 e. The molecule has 1 heterocycles. The number of aromatic hydroxyl groups is 1. The van der Waals surface area contributed by atoms with Crippen LogP contribution >= 0.6 is 22.6 Å². The van der Waals surface area contributed by atoms with Crippen molar-refractivity contribution in [1.82, 2.24) is 5.48 Å². The van der Waals surface area contributed by atoms with Gasteiger partial charge in [0.15, 0.2) is 17.6 Å². The number of hydrogen-bond acceptors (Lipinski definition) is 8. The van der Waals surface area contributed by atoms with Crippen molar-refractivity contribution < 1.29 is 38.9 Å². The van der Waals surface area contributed by atoms with Crippen LogP contribution in [0, 0.1) is 3.57 Å². The molecule has 164 valence electrons. The van der Waals surface area contributed by atoms with Crippen molar-refractivity contribution in [1.29, 1.82) is 0 Å². The number of ether oxygens (including phenoxy) is 4. The van der Waals surface area contributed by atoms with Gasteiger partial charge in [-0.05, 0) is 59.0 Å². The fourth-order valence-electron chi connectivity index (χ4n) is 2.82. The van der Waals surface area contributed by atoms with Gasteiger partial charge in [0.25, 0.3) is 5.91 Å². The van der Waals surface area contributed by atoms with E-state index in [0.29, 0.717) is 17.2 Å². The minimum atomic E-state index is -1.11. The number of hydroxylamine groups is 1. The van der Waals surface area contributed by atoms with Crippen LogP contribution in [0.3, 0.4) is 0 Å². The van der Waals surface area contributed by atoms with E-state index in [-0.39, 0.29) is 18.1 Å². The average Bonchev–Trinajstić information content (AvgIpc) is 3.22. The Balaban J connectivity index is 1.84. The molecule has 0 spiro atoms. The monoisotopic (exact) mass is 542 g/mol. The quantitative estimate of drug-likeness (QED) is 0.182. The topological polar surface area (TPSA) is 136 Å². The van der Waals surface area contributed by atoms with Crippen LogP contribution in [-0.2, 0) is 14.3 Å². The molecule has 0 radical (unpaired) electrons. The summed E-state index contributed by atoms with van der Waals surface area (Å²) in [4.78, 5) is 24.0. The minimum Gasteiger partial charge on any atom is -0.508 e. The largest absolute Gasteiger partial charge is 0.508 e. The predicted molar refractivity (Wildman–Crippen MR) is 116 cm³/mol. The third-order valence-corrected chi connectivity index (χ3v) is 4.94. The Morgan fingerprint density at radius 2 is 1.97 bits per heavy atom. The SMILES string of the molecule is CO[C@@H](/C=C/C(=O)NO)[C@@H](OC(=O)Nc1ccc2c(c1)OCO2)c1cc(I)ccc1O. The summed E-state index contributed by atoms with van der Waals surface area (Å²) in [6, 6.07) is 9.61. The zero-order valence-corrected chi connectivity index (χ0v) is 18.4. The van der Waals surface area contributed by atoms with Crippen LogP contribution in [0.1, 0.15) is 11.7 Å². The fraction of sp³-hybridized carbons (Fsp3) is 0.200. The molecular formula is C20H19IN2O8. The predicted octanol–water partition coefficient (Wildman–Crippen LogP) is 3.09. The number of phenolic OH excluding ortho intramolecular Hbond substituents is 1. The fourth-order valence-corrected chi connectivity index (χ4v) is 3.34. The lowest BCUT2D eigenvalue weighted by atomic mass is 10.0. The van der Waals surface area contributed by atoms with Crippen molar-refractivity contribution in [2.24, 2.45) is 0 Å². The third kappa shape index (κ3) is 5.77. The number of phenols is 1. The number of methoxy groups -OCH3 is 1. The van der Waals surface area contributed by atoms with Crippen molar-refractivity contribution in [3.05, 3.63) is 57.7 Å². The number of nitrogens with one attached hydrogen (secondary N) is 2. The van der Waals surface area contributed by atoms with E-state index in [4.69, 9.17) is 24.2 Å². The molecule has 2 aromatic rings. The van der Waals surface area contributed by atoms with Crippen LogP contribution in [0.5, 0.6) is 17.2 Å². The molecule has 0 saturated heterocycles. The van der Waals surface area contributed by atoms with Gasteiger partial charge in [-0.15, -0.1) is 0 Å². The Labute approximate surface area is 190 Å². The van der Waals surface area contributed by atoms with Crippen molar-refractivity contribution in [2.75, 3.05) is 19.2 Å². The molecule has 0 saturated carbocycles. The molecule has 2 amide bonds. The van der Waals surface area contributed by atoms with Crippen molar-refractivity contribution in [3.8, 4) is 17.2 Å². The molecule has 0 fully saturated rings. The summed E-state index contributed by atoms with van der Waals surface area (Å²) in [5.74, 6) is 0.130. The summed E-state index contributed by atoms with van der Waals surface area (Å²) >= 11 is 2.05. The van der Waals surface area contributed by atoms with Gasteiger partial charge < -0.3 is 24.1 Å². The van der Waals surface area contributed by atoms with Crippen molar-refractivity contribution in [2.45, 2.75) is 12.2 Å². The minimum absolute atomic E-state index is 0.0977. The molecule has 2 aromatic carbocycles. The highest BCUT2D eigenvalue weighted by molar-refractivity contribution is 14.1. The van der Waals surface area contributed by atoms with E-state index >= 15 is 0 Å². The smallest absolute Gasteiger partial charge is 0.412 e. The summed E-state index contributed by atoms with van der Waals surface area (Å²) in [5.41, 5.74) is 2.14. The van der Waals surface area contributed by atoms with E-state index in [1.165, 1.54) is 24.7 Å². The van der Waals surface area contributed by atoms with E-state index in [1.54, 1.807) is 30.3 Å². The average molecular weight is 542 g/mol. The van der Waals surface area contributed by atoms with Crippen molar-refractivity contribution in [3.63, 3.8) is 0 Å². The summed E-state index contributed by atoms with van der Waals surface area (Å²) in [7, 11) is 1.35. The maximum atomic E-state index is 12.6. The molecule has 0 aliphatic carbocycles. The summed E-state index contributed by atoms with van der Waals surface area (Å²) < 4.78 is 22.2. The summed E-state index contributed by atoms with van der Waals surface area (Å²) in [6.45, 7) is 0.0977. The summed E-state index contributed by atoms with van der Waals surface area (Å²) in [5, 5.41) is 21.6. The number of hydrogen-bond donors (Lipinski definition) is 4. The second-order valence-electron chi connectivity index (χ2n) is 6.26. The zero-order valence-electron chi connectivity index (χ0n) is 16.2. The highest BCUT2D eigenvalue weighted by atomic mass is 127. The van der Waals surface area contributed by atoms with Gasteiger partial charge in [-0.3, -0.25) is 15.3 Å². The number of halogens is 1. The molecule has 0 aromatic heterocycles. The second kappa shape index (κ2) is 10.3. The first-order valence-electron chi connectivity index (χ1n) is 8.92. The Kier molecular flexibility index (Phi) is 7.55. The number of amides is 2. The van der Waals surface area contributed by atoms with Gasteiger partial charge in [-0.2, -0.15) is 0 Å². The van der Waals surface area contributed by atoms with Crippen LogP contribution in [-0.4, -0.2) is 42.3 Å². The number of anilines is 1. The molecule has 2 atom stereocenters. The van der Waals surface area contributed by atoms with E-state index in [0.717, 1.165) is 9.65 Å². The van der Waals surface area contributed by atoms with E-state index < -0.39 is 24.2 Å². The first kappa shape index (κ1) is 22.7. The van der Waals surface area contributed by atoms with Gasteiger partial charge in [0, 0.05) is 34.1 Å². The van der Waals surface area contributed by atoms with Crippen LogP contribution in [0.4, 0.5) is 10.5 Å². The van der Waals surface area contributed by atoms with E-state index in [1.807, 2.05) is 22.6 Å². The molecule has 10 nitrogen and oxygen atoms in total. The number of carbonyl (C=O) groups excluding carboxylic acids is 2. The molecule has 31 heavy (non-hydrogen) atoms. The van der Waals surface area contributed by atoms with Gasteiger partial charge >= 0.3 is 6.09 Å². The Morgan fingerprint density at radius 3 is 2.71 bits per heavy atom. The molecule has 0 bridgehead atoms. The molecule has 0 unspecified atom stereocenters. The first-order valence-corrected chi connectivity index (χ1v) is 10.00. The Hall–Kier alpha value is -3.03. The number of rotatable bonds is 7. The molecule has 1 aliphatic rings. The molecule has 3 rings (SSSR count). The lowest BCUT2D eigenvalue weighted by Gasteiger charge is -2.25. The first-order chi connectivity index (χ1) is 14.9. The van der Waals surface area contributed by atoms with E-state index in [9.17, 15) is 14.7 Å². The van der Waals surface area contributed by atoms with Crippen LogP contribution in [0.2, 0.25) is 0 Å². The number of carbonyl (C=O) groups is 2. The van der Waals surface area contributed by atoms with Gasteiger partial charge in [-0.1, -0.05) is 0 Å². The van der Waals surface area contributed by atoms with Crippen LogP contribution in [0.15, 0.2) is 48.6 Å². The van der Waals surface area contributed by atoms with Crippen LogP contribution in [0.25, 0.3) is 0 Å². The van der Waals surface area contributed by atoms with Gasteiger partial charge in [-0.25, -0.2) is 10.3 Å². The van der Waals surface area contributed by atoms with Crippen LogP contribution < -0.4 is 20.3 Å². The van der Waals surface area contributed by atoms with E-state index in [2.05, 4.69) is 5.32 Å². The standard InChI is InChI=1S/C20H19IN2O8/c1-28-16(6-7-18(25)23-27)19(13-8-11(21)2-4-14(13)24)31-20(26)22-12-3-5-15-17(9-12)30-10-29-15/h2-9,16,19,24,27H,10H2,1H3,(H,22,26)(H,23,25)/b7-6+/t16-,19-/m0/s1. The van der Waals surface area contributed by atoms with Gasteiger partial charge in [0.2, 0.25) is 6.79 Å². The molecular weight excluding hydrogens is 523 g/mol. The molecule has 11 heteroatoms. The lowest BCUT2D eigenvalue weighted by Crippen LogP contribution is -2.27. The number of fused-ring (bicyclic) bond motifs is 1. The van der Waals surface area contributed by atoms with Gasteiger partial charge in [0.05, 0.1) is 0 Å². The number of benzene rings is 2. The Morgan fingerprint density at radius 1 is 1.19 bits per heavy atom. The summed E-state index contributed by atoms with van der Waals surface area (Å²) in [6.07, 6.45) is -0.584. The van der Waals surface area contributed by atoms with Crippen molar-refractivity contribution >= 4 is 40.3 Å². The normalized spacial score (nSPS) is 14.2. The third-order valence-electron chi connectivity index (χ3n) is 4.27. The molecule has 1 aliphatic heterocycles. The second-order valence-corrected chi connectivity index (χ2v) is 7.50. The highest BCUT2D eigenvalue weighted by Crippen LogP contribution is 2.35. The lowest BCUT2D eigenvalue weighted by molar-refractivity contribution is -0.124. The zero-order chi connectivity index (χ0) is 22.4.